The predicted octanol–water partition coefficient (Wildman–Crippen LogP) is 1.36. The Morgan fingerprint density at radius 3 is 2.72 bits per heavy atom. The molecule has 0 saturated carbocycles. The number of carbonyl (C=O) groups excluding carboxylic acids is 1. The van der Waals surface area contributed by atoms with Crippen molar-refractivity contribution in [2.75, 3.05) is 40.0 Å². The summed E-state index contributed by atoms with van der Waals surface area (Å²) in [6.07, 6.45) is 4.22. The summed E-state index contributed by atoms with van der Waals surface area (Å²) in [7, 11) is 1.52. The van der Waals surface area contributed by atoms with Crippen LogP contribution >= 0.6 is 0 Å². The van der Waals surface area contributed by atoms with Gasteiger partial charge in [0.25, 0.3) is 5.56 Å². The van der Waals surface area contributed by atoms with Crippen molar-refractivity contribution in [3.8, 4) is 17.4 Å². The minimum absolute atomic E-state index is 0.0254. The molecule has 3 aromatic heterocycles. The van der Waals surface area contributed by atoms with E-state index in [-0.39, 0.29) is 18.2 Å². The number of nitrogens with zero attached hydrogens (tertiary/aromatic N) is 5. The van der Waals surface area contributed by atoms with Gasteiger partial charge in [-0.25, -0.2) is 9.78 Å². The van der Waals surface area contributed by atoms with Crippen LogP contribution in [0.15, 0.2) is 35.4 Å². The van der Waals surface area contributed by atoms with Gasteiger partial charge in [0.1, 0.15) is 25.3 Å². The highest BCUT2D eigenvalue weighted by atomic mass is 16.6. The van der Waals surface area contributed by atoms with Crippen molar-refractivity contribution >= 4 is 17.3 Å². The van der Waals surface area contributed by atoms with Crippen LogP contribution in [-0.4, -0.2) is 76.5 Å². The van der Waals surface area contributed by atoms with Crippen molar-refractivity contribution in [3.63, 3.8) is 0 Å². The van der Waals surface area contributed by atoms with Gasteiger partial charge in [0.05, 0.1) is 25.2 Å². The highest BCUT2D eigenvalue weighted by Gasteiger charge is 2.22. The lowest BCUT2D eigenvalue weighted by atomic mass is 10.1. The zero-order chi connectivity index (χ0) is 24.9. The van der Waals surface area contributed by atoms with E-state index < -0.39 is 6.09 Å². The van der Waals surface area contributed by atoms with Gasteiger partial charge in [-0.15, -0.1) is 0 Å². The summed E-state index contributed by atoms with van der Waals surface area (Å²) < 4.78 is 23.1. The van der Waals surface area contributed by atoms with E-state index in [9.17, 15) is 9.59 Å². The Hall–Kier alpha value is -3.93. The van der Waals surface area contributed by atoms with E-state index in [1.54, 1.807) is 22.9 Å². The molecule has 12 nitrogen and oxygen atoms in total. The van der Waals surface area contributed by atoms with Gasteiger partial charge in [-0.05, 0) is 18.9 Å². The first-order valence-electron chi connectivity index (χ1n) is 11.9. The molecule has 3 aromatic rings. The van der Waals surface area contributed by atoms with Crippen LogP contribution in [0.4, 0.5) is 4.79 Å². The average Bonchev–Trinajstić information content (AvgIpc) is 2.91. The number of likely N-dealkylation sites (tertiary alicyclic amines) is 1. The van der Waals surface area contributed by atoms with Crippen LogP contribution in [0.3, 0.4) is 0 Å². The fourth-order valence-electron chi connectivity index (χ4n) is 4.31. The van der Waals surface area contributed by atoms with Gasteiger partial charge < -0.3 is 29.2 Å². The predicted molar refractivity (Wildman–Crippen MR) is 128 cm³/mol. The van der Waals surface area contributed by atoms with E-state index in [4.69, 9.17) is 18.9 Å². The summed E-state index contributed by atoms with van der Waals surface area (Å²) in [5.74, 6) is 1.57. The van der Waals surface area contributed by atoms with E-state index in [1.807, 2.05) is 0 Å². The van der Waals surface area contributed by atoms with Gasteiger partial charge >= 0.3 is 6.09 Å². The Morgan fingerprint density at radius 1 is 1.11 bits per heavy atom. The topological polar surface area (TPSA) is 130 Å². The molecule has 1 N–H and O–H groups in total. The summed E-state index contributed by atoms with van der Waals surface area (Å²) in [4.78, 5) is 40.0. The number of hydrogen-bond donors (Lipinski definition) is 1. The van der Waals surface area contributed by atoms with Crippen molar-refractivity contribution < 1.29 is 23.7 Å². The standard InChI is InChI=1S/C24H28N6O6/c1-33-21-14-26-18-2-3-22(31)30(23(18)28-21)9-8-29-6-4-16(5-7-29)27-24(32)36-15-17-12-19-20(13-25-17)35-11-10-34-19/h2-3,12-14,16H,4-11,15H2,1H3,(H,27,32). The first-order valence-corrected chi connectivity index (χ1v) is 11.9. The number of hydrogen-bond acceptors (Lipinski definition) is 10. The van der Waals surface area contributed by atoms with Crippen LogP contribution in [0.5, 0.6) is 17.4 Å². The maximum atomic E-state index is 12.5. The van der Waals surface area contributed by atoms with Crippen molar-refractivity contribution in [1.29, 1.82) is 0 Å². The molecular weight excluding hydrogens is 468 g/mol. The van der Waals surface area contributed by atoms with Gasteiger partial charge in [0.15, 0.2) is 17.1 Å². The third-order valence-electron chi connectivity index (χ3n) is 6.26. The van der Waals surface area contributed by atoms with Crippen LogP contribution in [0.2, 0.25) is 0 Å². The number of aromatic nitrogens is 4. The number of pyridine rings is 2. The number of nitrogens with one attached hydrogen (secondary N) is 1. The molecule has 1 saturated heterocycles. The Kier molecular flexibility index (Phi) is 7.12. The van der Waals surface area contributed by atoms with Crippen molar-refractivity contribution in [1.82, 2.24) is 29.7 Å². The van der Waals surface area contributed by atoms with Crippen LogP contribution in [0.25, 0.3) is 11.2 Å². The minimum atomic E-state index is -0.472. The lowest BCUT2D eigenvalue weighted by Gasteiger charge is -2.32. The summed E-state index contributed by atoms with van der Waals surface area (Å²) in [6.45, 7) is 3.79. The monoisotopic (exact) mass is 496 g/mol. The Balaban J connectivity index is 1.08. The highest BCUT2D eigenvalue weighted by molar-refractivity contribution is 5.70. The molecule has 0 aliphatic carbocycles. The zero-order valence-corrected chi connectivity index (χ0v) is 20.0. The molecule has 0 atom stereocenters. The maximum absolute atomic E-state index is 12.5. The summed E-state index contributed by atoms with van der Waals surface area (Å²) >= 11 is 0. The Labute approximate surface area is 207 Å². The quantitative estimate of drug-likeness (QED) is 0.512. The van der Waals surface area contributed by atoms with Gasteiger partial charge in [-0.3, -0.25) is 14.3 Å². The molecule has 1 fully saturated rings. The summed E-state index contributed by atoms with van der Waals surface area (Å²) in [5.41, 5.74) is 1.61. The minimum Gasteiger partial charge on any atom is -0.486 e. The van der Waals surface area contributed by atoms with Crippen molar-refractivity contribution in [2.45, 2.75) is 32.0 Å². The van der Waals surface area contributed by atoms with Crippen LogP contribution in [-0.2, 0) is 17.9 Å². The number of piperidine rings is 1. The lowest BCUT2D eigenvalue weighted by molar-refractivity contribution is 0.124. The molecule has 5 rings (SSSR count). The first-order chi connectivity index (χ1) is 17.6. The Bertz CT molecular complexity index is 1290. The first kappa shape index (κ1) is 23.8. The SMILES string of the molecule is COc1cnc2ccc(=O)n(CCN3CCC(NC(=O)OCc4cc5c(cn4)OCCO5)CC3)c2n1. The lowest BCUT2D eigenvalue weighted by Crippen LogP contribution is -2.45. The molecule has 5 heterocycles. The third-order valence-corrected chi connectivity index (χ3v) is 6.26. The molecule has 190 valence electrons. The number of methoxy groups -OCH3 is 1. The second-order valence-electron chi connectivity index (χ2n) is 8.60. The molecule has 0 radical (unpaired) electrons. The van der Waals surface area contributed by atoms with Crippen LogP contribution < -0.4 is 25.1 Å². The molecule has 0 aromatic carbocycles. The average molecular weight is 497 g/mol. The van der Waals surface area contributed by atoms with E-state index in [2.05, 4.69) is 25.2 Å². The highest BCUT2D eigenvalue weighted by Crippen LogP contribution is 2.29. The second kappa shape index (κ2) is 10.8. The summed E-state index contributed by atoms with van der Waals surface area (Å²) in [5, 5.41) is 2.93. The number of amides is 1. The largest absolute Gasteiger partial charge is 0.486 e. The van der Waals surface area contributed by atoms with Crippen molar-refractivity contribution in [2.24, 2.45) is 0 Å². The smallest absolute Gasteiger partial charge is 0.407 e. The van der Waals surface area contributed by atoms with Gasteiger partial charge in [0, 0.05) is 44.4 Å². The molecule has 1 amide bonds. The molecule has 0 bridgehead atoms. The van der Waals surface area contributed by atoms with E-state index in [0.717, 1.165) is 25.9 Å². The molecule has 0 spiro atoms. The van der Waals surface area contributed by atoms with E-state index in [0.29, 0.717) is 60.5 Å². The van der Waals surface area contributed by atoms with Gasteiger partial charge in [-0.1, -0.05) is 0 Å². The second-order valence-corrected chi connectivity index (χ2v) is 8.60. The number of rotatable bonds is 7. The number of carbonyl (C=O) groups is 1. The molecule has 12 heteroatoms. The van der Waals surface area contributed by atoms with Crippen LogP contribution in [0.1, 0.15) is 18.5 Å². The number of fused-ring (bicyclic) bond motifs is 2. The van der Waals surface area contributed by atoms with Crippen LogP contribution in [0, 0.1) is 0 Å². The molecule has 2 aliphatic rings. The Morgan fingerprint density at radius 2 is 1.92 bits per heavy atom. The molecule has 36 heavy (non-hydrogen) atoms. The molecule has 0 unspecified atom stereocenters. The fourth-order valence-corrected chi connectivity index (χ4v) is 4.31. The van der Waals surface area contributed by atoms with E-state index in [1.165, 1.54) is 19.4 Å². The fraction of sp³-hybridized carbons (Fsp3) is 0.458. The number of ether oxygens (including phenoxy) is 4. The van der Waals surface area contributed by atoms with E-state index >= 15 is 0 Å². The molecule has 2 aliphatic heterocycles. The van der Waals surface area contributed by atoms with Crippen molar-refractivity contribution in [3.05, 3.63) is 46.6 Å². The van der Waals surface area contributed by atoms with Gasteiger partial charge in [-0.2, -0.15) is 4.98 Å². The summed E-state index contributed by atoms with van der Waals surface area (Å²) in [6, 6.07) is 4.92. The number of alkyl carbamates (subject to hydrolysis) is 1. The maximum Gasteiger partial charge on any atom is 0.407 e. The normalized spacial score (nSPS) is 16.0. The molecular formula is C24H28N6O6. The van der Waals surface area contributed by atoms with Gasteiger partial charge in [0.2, 0.25) is 5.88 Å². The zero-order valence-electron chi connectivity index (χ0n) is 20.0. The third kappa shape index (κ3) is 5.48.